The number of hydrogen-bond acceptors (Lipinski definition) is 1. The lowest BCUT2D eigenvalue weighted by atomic mass is 9.80. The van der Waals surface area contributed by atoms with Gasteiger partial charge in [0.25, 0.3) is 0 Å². The lowest BCUT2D eigenvalue weighted by Crippen LogP contribution is -2.34. The van der Waals surface area contributed by atoms with Crippen molar-refractivity contribution in [3.63, 3.8) is 0 Å². The van der Waals surface area contributed by atoms with E-state index in [-0.39, 0.29) is 5.54 Å². The summed E-state index contributed by atoms with van der Waals surface area (Å²) in [6, 6.07) is 50.1. The standard InChI is InChI=1S/C38H29N/c1-2-8-28(9-3-1)32-22-24-38(25-23-32,36-19-16-30-11-5-7-13-34(30)27-36)39-37-20-17-31(18-21-37)35-15-14-29-10-4-6-12-33(29)26-35/h1-24,26-27,39H,25H2. The van der Waals surface area contributed by atoms with Crippen molar-refractivity contribution >= 4 is 32.8 Å². The van der Waals surface area contributed by atoms with E-state index in [1.165, 1.54) is 49.4 Å². The van der Waals surface area contributed by atoms with Crippen LogP contribution in [0.1, 0.15) is 17.5 Å². The monoisotopic (exact) mass is 499 g/mol. The number of hydrogen-bond donors (Lipinski definition) is 1. The van der Waals surface area contributed by atoms with E-state index in [4.69, 9.17) is 0 Å². The molecule has 0 aromatic heterocycles. The van der Waals surface area contributed by atoms with Crippen LogP contribution in [0.5, 0.6) is 0 Å². The van der Waals surface area contributed by atoms with Crippen molar-refractivity contribution in [3.05, 3.63) is 169 Å². The topological polar surface area (TPSA) is 12.0 Å². The number of anilines is 1. The molecule has 6 aromatic rings. The molecule has 0 saturated carbocycles. The van der Waals surface area contributed by atoms with Gasteiger partial charge in [-0.15, -0.1) is 0 Å². The van der Waals surface area contributed by atoms with Gasteiger partial charge in [-0.25, -0.2) is 0 Å². The maximum absolute atomic E-state index is 3.92. The van der Waals surface area contributed by atoms with Crippen molar-refractivity contribution in [2.75, 3.05) is 5.32 Å². The maximum atomic E-state index is 3.92. The van der Waals surface area contributed by atoms with Crippen LogP contribution in [0.4, 0.5) is 5.69 Å². The van der Waals surface area contributed by atoms with E-state index in [1.807, 2.05) is 0 Å². The zero-order valence-electron chi connectivity index (χ0n) is 21.7. The first-order valence-electron chi connectivity index (χ1n) is 13.6. The minimum absolute atomic E-state index is 0.340. The highest BCUT2D eigenvalue weighted by Gasteiger charge is 2.31. The molecule has 1 heteroatoms. The Morgan fingerprint density at radius 3 is 1.79 bits per heavy atom. The second kappa shape index (κ2) is 9.78. The van der Waals surface area contributed by atoms with Crippen LogP contribution >= 0.6 is 0 Å². The minimum Gasteiger partial charge on any atom is -0.372 e. The SMILES string of the molecule is C1=CC(Nc2ccc(-c3ccc4ccccc4c3)cc2)(c2ccc3ccccc3c2)CC=C1c1ccccc1. The highest BCUT2D eigenvalue weighted by atomic mass is 15.0. The normalized spacial score (nSPS) is 16.8. The predicted molar refractivity (Wildman–Crippen MR) is 167 cm³/mol. The number of fused-ring (bicyclic) bond motifs is 2. The van der Waals surface area contributed by atoms with Gasteiger partial charge >= 0.3 is 0 Å². The molecule has 0 fully saturated rings. The highest BCUT2D eigenvalue weighted by molar-refractivity contribution is 5.88. The molecule has 0 heterocycles. The smallest absolute Gasteiger partial charge is 0.0848 e. The number of nitrogens with one attached hydrogen (secondary N) is 1. The van der Waals surface area contributed by atoms with Gasteiger partial charge in [0.05, 0.1) is 5.54 Å². The zero-order valence-corrected chi connectivity index (χ0v) is 21.7. The van der Waals surface area contributed by atoms with Crippen LogP contribution < -0.4 is 5.32 Å². The molecule has 0 radical (unpaired) electrons. The van der Waals surface area contributed by atoms with Gasteiger partial charge in [0.2, 0.25) is 0 Å². The summed E-state index contributed by atoms with van der Waals surface area (Å²) in [6.45, 7) is 0. The first kappa shape index (κ1) is 23.3. The summed E-state index contributed by atoms with van der Waals surface area (Å²) < 4.78 is 0. The molecule has 186 valence electrons. The Morgan fingerprint density at radius 2 is 1.10 bits per heavy atom. The second-order valence-corrected chi connectivity index (χ2v) is 10.4. The minimum atomic E-state index is -0.340. The summed E-state index contributed by atoms with van der Waals surface area (Å²) in [5.41, 5.74) is 7.00. The Labute approximate surface area is 229 Å². The lowest BCUT2D eigenvalue weighted by molar-refractivity contribution is 0.620. The summed E-state index contributed by atoms with van der Waals surface area (Å²) in [7, 11) is 0. The summed E-state index contributed by atoms with van der Waals surface area (Å²) in [6.07, 6.45) is 7.83. The van der Waals surface area contributed by atoms with Crippen molar-refractivity contribution in [3.8, 4) is 11.1 Å². The van der Waals surface area contributed by atoms with Gasteiger partial charge in [0, 0.05) is 5.69 Å². The van der Waals surface area contributed by atoms with Crippen LogP contribution in [-0.4, -0.2) is 0 Å². The Bertz CT molecular complexity index is 1840. The van der Waals surface area contributed by atoms with Crippen LogP contribution in [0.25, 0.3) is 38.2 Å². The van der Waals surface area contributed by atoms with Crippen LogP contribution in [0.15, 0.2) is 158 Å². The van der Waals surface area contributed by atoms with Crippen LogP contribution in [-0.2, 0) is 5.54 Å². The van der Waals surface area contributed by atoms with E-state index in [9.17, 15) is 0 Å². The Balaban J connectivity index is 1.23. The van der Waals surface area contributed by atoms with Crippen molar-refractivity contribution in [2.45, 2.75) is 12.0 Å². The van der Waals surface area contributed by atoms with E-state index < -0.39 is 0 Å². The Hall–Kier alpha value is -4.88. The molecule has 0 saturated heterocycles. The number of allylic oxidation sites excluding steroid dienone is 2. The lowest BCUT2D eigenvalue weighted by Gasteiger charge is -2.35. The molecule has 0 aliphatic heterocycles. The van der Waals surface area contributed by atoms with Gasteiger partial charge in [-0.2, -0.15) is 0 Å². The van der Waals surface area contributed by atoms with Gasteiger partial charge in [-0.1, -0.05) is 133 Å². The molecule has 6 aromatic carbocycles. The largest absolute Gasteiger partial charge is 0.372 e. The van der Waals surface area contributed by atoms with Crippen molar-refractivity contribution < 1.29 is 0 Å². The van der Waals surface area contributed by atoms with E-state index in [0.29, 0.717) is 0 Å². The third kappa shape index (κ3) is 4.53. The fourth-order valence-electron chi connectivity index (χ4n) is 5.70. The van der Waals surface area contributed by atoms with Gasteiger partial charge < -0.3 is 5.32 Å². The molecule has 1 N–H and O–H groups in total. The maximum Gasteiger partial charge on any atom is 0.0848 e. The molecular weight excluding hydrogens is 470 g/mol. The summed E-state index contributed by atoms with van der Waals surface area (Å²) in [4.78, 5) is 0. The molecular formula is C38H29N. The number of benzene rings is 6. The average molecular weight is 500 g/mol. The Kier molecular flexibility index (Phi) is 5.83. The van der Waals surface area contributed by atoms with Crippen LogP contribution in [0, 0.1) is 0 Å². The number of rotatable bonds is 5. The van der Waals surface area contributed by atoms with E-state index >= 15 is 0 Å². The fourth-order valence-corrected chi connectivity index (χ4v) is 5.70. The van der Waals surface area contributed by atoms with Gasteiger partial charge in [-0.05, 0) is 80.1 Å². The molecule has 39 heavy (non-hydrogen) atoms. The third-order valence-corrected chi connectivity index (χ3v) is 7.90. The van der Waals surface area contributed by atoms with Gasteiger partial charge in [0.15, 0.2) is 0 Å². The van der Waals surface area contributed by atoms with Crippen molar-refractivity contribution in [2.24, 2.45) is 0 Å². The molecule has 1 aliphatic carbocycles. The predicted octanol–water partition coefficient (Wildman–Crippen LogP) is 10.0. The molecule has 1 atom stereocenters. The first-order valence-corrected chi connectivity index (χ1v) is 13.6. The summed E-state index contributed by atoms with van der Waals surface area (Å²) >= 11 is 0. The van der Waals surface area contributed by atoms with Crippen molar-refractivity contribution in [1.29, 1.82) is 0 Å². The third-order valence-electron chi connectivity index (χ3n) is 7.90. The summed E-state index contributed by atoms with van der Waals surface area (Å²) in [5, 5.41) is 8.98. The van der Waals surface area contributed by atoms with Crippen LogP contribution in [0.3, 0.4) is 0 Å². The van der Waals surface area contributed by atoms with Gasteiger partial charge in [0.1, 0.15) is 0 Å². The molecule has 0 bridgehead atoms. The quantitative estimate of drug-likeness (QED) is 0.249. The second-order valence-electron chi connectivity index (χ2n) is 10.4. The van der Waals surface area contributed by atoms with E-state index in [1.54, 1.807) is 0 Å². The zero-order chi connectivity index (χ0) is 26.1. The van der Waals surface area contributed by atoms with Crippen LogP contribution in [0.2, 0.25) is 0 Å². The molecule has 1 nitrogen and oxygen atoms in total. The summed E-state index contributed by atoms with van der Waals surface area (Å²) in [5.74, 6) is 0. The molecule has 0 spiro atoms. The first-order chi connectivity index (χ1) is 19.3. The Morgan fingerprint density at radius 1 is 0.487 bits per heavy atom. The molecule has 0 amide bonds. The fraction of sp³-hybridized carbons (Fsp3) is 0.0526. The molecule has 1 unspecified atom stereocenters. The van der Waals surface area contributed by atoms with E-state index in [2.05, 4.69) is 163 Å². The van der Waals surface area contributed by atoms with E-state index in [0.717, 1.165) is 12.1 Å². The van der Waals surface area contributed by atoms with Crippen molar-refractivity contribution in [1.82, 2.24) is 0 Å². The highest BCUT2D eigenvalue weighted by Crippen LogP contribution is 2.39. The molecule has 1 aliphatic rings. The average Bonchev–Trinajstić information content (AvgIpc) is 3.02. The molecule has 7 rings (SSSR count). The van der Waals surface area contributed by atoms with Gasteiger partial charge in [-0.3, -0.25) is 0 Å².